The first-order valence-corrected chi connectivity index (χ1v) is 14.0. The Hall–Kier alpha value is -2.00. The number of rotatable bonds is 3. The fourth-order valence-corrected chi connectivity index (χ4v) is 7.64. The van der Waals surface area contributed by atoms with Crippen LogP contribution in [0.25, 0.3) is 0 Å². The van der Waals surface area contributed by atoms with Crippen molar-refractivity contribution < 1.29 is 23.8 Å². The molecular weight excluding hydrogens is 478 g/mol. The molecule has 7 atom stereocenters. The Morgan fingerprint density at radius 2 is 1.89 bits per heavy atom. The molecule has 3 nitrogen and oxygen atoms in total. The van der Waals surface area contributed by atoms with Crippen molar-refractivity contribution in [2.45, 2.75) is 85.0 Å². The highest BCUT2D eigenvalue weighted by Gasteiger charge is 2.68. The second-order valence-electron chi connectivity index (χ2n) is 10.4. The van der Waals surface area contributed by atoms with Crippen molar-refractivity contribution in [2.24, 2.45) is 28.6 Å². The lowest BCUT2D eigenvalue weighted by molar-refractivity contribution is -0.142. The average molecular weight is 521 g/mol. The number of alkyl halides is 2. The second kappa shape index (κ2) is 12.0. The van der Waals surface area contributed by atoms with Crippen LogP contribution in [-0.2, 0) is 4.79 Å². The van der Waals surface area contributed by atoms with E-state index < -0.39 is 23.2 Å². The molecule has 36 heavy (non-hydrogen) atoms. The molecule has 0 aromatic carbocycles. The molecule has 0 aromatic rings. The lowest BCUT2D eigenvalue weighted by Crippen LogP contribution is -2.62. The molecule has 4 rings (SSSR count). The van der Waals surface area contributed by atoms with E-state index in [2.05, 4.69) is 26.0 Å². The Bertz CT molecular complexity index is 976. The number of thioether (sulfide) groups is 1. The molecule has 0 bridgehead atoms. The summed E-state index contributed by atoms with van der Waals surface area (Å²) in [6, 6.07) is 0. The number of hydrogen-bond acceptors (Lipinski definition) is 4. The van der Waals surface area contributed by atoms with Crippen LogP contribution in [0.5, 0.6) is 0 Å². The van der Waals surface area contributed by atoms with Crippen molar-refractivity contribution in [2.75, 3.05) is 5.75 Å². The van der Waals surface area contributed by atoms with Crippen molar-refractivity contribution >= 4 is 16.9 Å². The van der Waals surface area contributed by atoms with Crippen molar-refractivity contribution in [3.8, 4) is 12.0 Å². The first-order valence-electron chi connectivity index (χ1n) is 13.0. The molecule has 0 saturated heterocycles. The highest BCUT2D eigenvalue weighted by molar-refractivity contribution is 8.13. The highest BCUT2D eigenvalue weighted by Crippen LogP contribution is 2.69. The first kappa shape index (κ1) is 30.2. The fraction of sp³-hybridized carbons (Fsp3) is 0.633. The summed E-state index contributed by atoms with van der Waals surface area (Å²) in [6.45, 7) is 16.9. The zero-order valence-corrected chi connectivity index (χ0v) is 23.2. The molecule has 3 fully saturated rings. The summed E-state index contributed by atoms with van der Waals surface area (Å²) in [5.74, 6) is 2.46. The minimum atomic E-state index is -1.50. The van der Waals surface area contributed by atoms with Gasteiger partial charge >= 0.3 is 0 Å². The van der Waals surface area contributed by atoms with E-state index in [1.54, 1.807) is 6.08 Å². The van der Waals surface area contributed by atoms with Gasteiger partial charge in [-0.05, 0) is 67.4 Å². The van der Waals surface area contributed by atoms with E-state index in [1.165, 1.54) is 0 Å². The van der Waals surface area contributed by atoms with Gasteiger partial charge in [-0.1, -0.05) is 70.8 Å². The SMILES string of the molecule is C=C(O)CC.C=C1C=CC2(C)C(=C1)[C@@H](F)CC1C3CCC(C(=O)SCC#CO)C3(C)CC[C@@]12F.CC. The summed E-state index contributed by atoms with van der Waals surface area (Å²) in [4.78, 5) is 12.8. The molecule has 6 heteroatoms. The van der Waals surface area contributed by atoms with Gasteiger partial charge in [-0.15, -0.1) is 0 Å². The van der Waals surface area contributed by atoms with Crippen molar-refractivity contribution in [1.29, 1.82) is 0 Å². The molecule has 0 heterocycles. The zero-order valence-electron chi connectivity index (χ0n) is 22.4. The monoisotopic (exact) mass is 520 g/mol. The maximum atomic E-state index is 16.8. The van der Waals surface area contributed by atoms with Gasteiger partial charge in [0.15, 0.2) is 5.12 Å². The Labute approximate surface area is 220 Å². The smallest absolute Gasteiger partial charge is 0.193 e. The molecule has 0 spiro atoms. The maximum absolute atomic E-state index is 16.8. The molecule has 0 amide bonds. The van der Waals surface area contributed by atoms with Gasteiger partial charge in [0.25, 0.3) is 0 Å². The van der Waals surface area contributed by atoms with E-state index in [0.717, 1.165) is 30.2 Å². The van der Waals surface area contributed by atoms with Crippen LogP contribution in [0, 0.1) is 40.6 Å². The van der Waals surface area contributed by atoms with Gasteiger partial charge in [-0.3, -0.25) is 4.79 Å². The number of aliphatic hydroxyl groups is 2. The summed E-state index contributed by atoms with van der Waals surface area (Å²) >= 11 is 1.13. The predicted molar refractivity (Wildman–Crippen MR) is 145 cm³/mol. The van der Waals surface area contributed by atoms with Gasteiger partial charge in [-0.2, -0.15) is 0 Å². The first-order chi connectivity index (χ1) is 16.9. The molecule has 0 radical (unpaired) electrons. The topological polar surface area (TPSA) is 57.5 Å². The van der Waals surface area contributed by atoms with Crippen LogP contribution in [0.1, 0.15) is 73.1 Å². The van der Waals surface area contributed by atoms with Gasteiger partial charge in [0.05, 0.1) is 11.5 Å². The van der Waals surface area contributed by atoms with Crippen molar-refractivity contribution in [1.82, 2.24) is 0 Å². The van der Waals surface area contributed by atoms with Gasteiger partial charge < -0.3 is 10.2 Å². The number of carbonyl (C=O) groups excluding carboxylic acids is 1. The van der Waals surface area contributed by atoms with E-state index in [0.29, 0.717) is 24.8 Å². The lowest BCUT2D eigenvalue weighted by Gasteiger charge is -2.60. The molecule has 4 aliphatic carbocycles. The minimum Gasteiger partial charge on any atom is -0.513 e. The number of aliphatic hydroxyl groups excluding tert-OH is 2. The summed E-state index contributed by atoms with van der Waals surface area (Å²) in [6.07, 6.45) is 9.31. The molecular formula is C30H42F2O3S. The van der Waals surface area contributed by atoms with Crippen LogP contribution >= 0.6 is 11.8 Å². The van der Waals surface area contributed by atoms with Crippen LogP contribution in [0.3, 0.4) is 0 Å². The second-order valence-corrected chi connectivity index (χ2v) is 11.4. The summed E-state index contributed by atoms with van der Waals surface area (Å²) in [7, 11) is 0. The third-order valence-corrected chi connectivity index (χ3v) is 9.66. The number of allylic oxidation sites excluding steroid dienone is 6. The Morgan fingerprint density at radius 1 is 1.25 bits per heavy atom. The predicted octanol–water partition coefficient (Wildman–Crippen LogP) is 8.03. The summed E-state index contributed by atoms with van der Waals surface area (Å²) in [5, 5.41) is 16.9. The van der Waals surface area contributed by atoms with Gasteiger partial charge in [0.1, 0.15) is 17.9 Å². The molecule has 4 aliphatic rings. The number of hydrogen-bond donors (Lipinski definition) is 2. The Morgan fingerprint density at radius 3 is 2.47 bits per heavy atom. The average Bonchev–Trinajstić information content (AvgIpc) is 3.21. The molecule has 2 N–H and O–H groups in total. The highest BCUT2D eigenvalue weighted by atomic mass is 32.2. The largest absolute Gasteiger partial charge is 0.513 e. The van der Waals surface area contributed by atoms with Crippen LogP contribution < -0.4 is 0 Å². The van der Waals surface area contributed by atoms with E-state index in [4.69, 9.17) is 10.2 Å². The van der Waals surface area contributed by atoms with Gasteiger partial charge in [0.2, 0.25) is 0 Å². The standard InChI is InChI=1S/C24H28F2O2S.C4H8O.C2H6/c1-15-7-8-23(3)19(13-15)20(25)14-18-16-5-6-17(21(28)29-12-4-11-27)22(16,2)9-10-24(18,23)26;1-3-4(2)5;1-2/h7-8,13,16-18,20,27H,1,5-6,9-10,12,14H2,2-3H3;5H,2-3H2,1H3;1-2H3/t16?,17?,18?,20-,22?,23?,24+;;/m0../s1. The number of fused-ring (bicyclic) bond motifs is 5. The minimum absolute atomic E-state index is 0.00474. The van der Waals surface area contributed by atoms with E-state index in [-0.39, 0.29) is 40.3 Å². The zero-order chi connectivity index (χ0) is 27.3. The van der Waals surface area contributed by atoms with Gasteiger partial charge in [-0.25, -0.2) is 8.78 Å². The van der Waals surface area contributed by atoms with E-state index in [1.807, 2.05) is 46.0 Å². The third-order valence-electron chi connectivity index (χ3n) is 8.80. The molecule has 200 valence electrons. The summed E-state index contributed by atoms with van der Waals surface area (Å²) < 4.78 is 32.1. The molecule has 0 aliphatic heterocycles. The Balaban J connectivity index is 0.000000583. The van der Waals surface area contributed by atoms with Gasteiger partial charge in [0, 0.05) is 23.7 Å². The Kier molecular flexibility index (Phi) is 10.1. The molecule has 5 unspecified atom stereocenters. The fourth-order valence-electron chi connectivity index (χ4n) is 6.77. The lowest BCUT2D eigenvalue weighted by atomic mass is 9.46. The molecule has 3 saturated carbocycles. The number of halogens is 2. The van der Waals surface area contributed by atoms with Crippen molar-refractivity contribution in [3.63, 3.8) is 0 Å². The molecule has 0 aromatic heterocycles. The van der Waals surface area contributed by atoms with Crippen LogP contribution in [0.4, 0.5) is 8.78 Å². The maximum Gasteiger partial charge on any atom is 0.193 e. The van der Waals surface area contributed by atoms with Crippen LogP contribution in [0.15, 0.2) is 48.3 Å². The normalized spacial score (nSPS) is 37.8. The summed E-state index contributed by atoms with van der Waals surface area (Å²) in [5.41, 5.74) is -1.52. The third kappa shape index (κ3) is 5.32. The number of carbonyl (C=O) groups is 1. The van der Waals surface area contributed by atoms with E-state index >= 15 is 8.78 Å². The van der Waals surface area contributed by atoms with Crippen molar-refractivity contribution in [3.05, 3.63) is 48.3 Å². The van der Waals surface area contributed by atoms with Crippen LogP contribution in [-0.4, -0.2) is 32.9 Å². The van der Waals surface area contributed by atoms with Crippen LogP contribution in [0.2, 0.25) is 0 Å². The van der Waals surface area contributed by atoms with E-state index in [9.17, 15) is 4.79 Å². The quantitative estimate of drug-likeness (QED) is 0.292.